The van der Waals surface area contributed by atoms with Crippen LogP contribution in [0, 0.1) is 0 Å². The molecule has 0 atom stereocenters. The maximum absolute atomic E-state index is 11.8. The molecule has 0 aliphatic heterocycles. The van der Waals surface area contributed by atoms with Gasteiger partial charge in [-0.3, -0.25) is 0 Å². The lowest BCUT2D eigenvalue weighted by Gasteiger charge is -2.08. The highest BCUT2D eigenvalue weighted by molar-refractivity contribution is 7.98. The molecule has 3 aromatic carbocycles. The van der Waals surface area contributed by atoms with Crippen LogP contribution in [0.4, 0.5) is 0 Å². The number of thioether (sulfide) groups is 1. The van der Waals surface area contributed by atoms with E-state index in [1.807, 2.05) is 11.8 Å². The van der Waals surface area contributed by atoms with E-state index in [9.17, 15) is 4.79 Å². The maximum Gasteiger partial charge on any atom is 0.356 e. The predicted octanol–water partition coefficient (Wildman–Crippen LogP) is 5.16. The average molecular weight is 388 g/mol. The van der Waals surface area contributed by atoms with E-state index < -0.39 is 0 Å². The van der Waals surface area contributed by atoms with Crippen LogP contribution in [0.3, 0.4) is 0 Å². The van der Waals surface area contributed by atoms with E-state index >= 15 is 0 Å². The number of rotatable bonds is 6. The lowest BCUT2D eigenvalue weighted by molar-refractivity contribution is 0.0589. The maximum atomic E-state index is 11.8. The topological polar surface area (TPSA) is 44.1 Å². The fraction of sp³-hybridized carbons (Fsp3) is 0.130. The van der Waals surface area contributed by atoms with Crippen LogP contribution in [0.25, 0.3) is 10.8 Å². The van der Waals surface area contributed by atoms with E-state index in [1.165, 1.54) is 34.5 Å². The molecule has 0 saturated carbocycles. The summed E-state index contributed by atoms with van der Waals surface area (Å²) in [5, 5.41) is 2.55. The summed E-state index contributed by atoms with van der Waals surface area (Å²) in [6, 6.07) is 23.5. The zero-order valence-corrected chi connectivity index (χ0v) is 16.4. The molecule has 0 aliphatic carbocycles. The van der Waals surface area contributed by atoms with E-state index in [4.69, 9.17) is 4.74 Å². The van der Waals surface area contributed by atoms with Crippen molar-refractivity contribution in [3.8, 4) is 0 Å². The lowest BCUT2D eigenvalue weighted by Crippen LogP contribution is -2.10. The number of imidazole rings is 1. The van der Waals surface area contributed by atoms with Gasteiger partial charge in [0.25, 0.3) is 0 Å². The van der Waals surface area contributed by atoms with Crippen molar-refractivity contribution in [2.24, 2.45) is 0 Å². The number of carbonyl (C=O) groups is 1. The number of benzene rings is 3. The molecule has 0 bridgehead atoms. The second-order valence-electron chi connectivity index (χ2n) is 6.51. The van der Waals surface area contributed by atoms with Gasteiger partial charge in [-0.1, -0.05) is 54.6 Å². The second-order valence-corrected chi connectivity index (χ2v) is 7.56. The third-order valence-electron chi connectivity index (χ3n) is 4.60. The first kappa shape index (κ1) is 18.3. The molecule has 0 radical (unpaired) electrons. The summed E-state index contributed by atoms with van der Waals surface area (Å²) in [5.74, 6) is 0.554. The smallest absolute Gasteiger partial charge is 0.356 e. The minimum Gasteiger partial charge on any atom is -0.464 e. The van der Waals surface area contributed by atoms with Crippen molar-refractivity contribution in [1.29, 1.82) is 0 Å². The van der Waals surface area contributed by atoms with Crippen LogP contribution in [-0.2, 0) is 17.0 Å². The Hall–Kier alpha value is -3.05. The van der Waals surface area contributed by atoms with Crippen LogP contribution in [0.15, 0.2) is 84.1 Å². The number of hydrogen-bond acceptors (Lipinski definition) is 4. The van der Waals surface area contributed by atoms with Gasteiger partial charge < -0.3 is 9.30 Å². The SMILES string of the molecule is COC(=O)c1cncn1Cc1ccc(SCc2ccc3ccccc3c2)cc1. The molecule has 1 aromatic heterocycles. The fourth-order valence-electron chi connectivity index (χ4n) is 3.10. The molecule has 0 fully saturated rings. The number of esters is 1. The van der Waals surface area contributed by atoms with Crippen LogP contribution < -0.4 is 0 Å². The van der Waals surface area contributed by atoms with E-state index in [-0.39, 0.29) is 5.97 Å². The summed E-state index contributed by atoms with van der Waals surface area (Å²) in [6.07, 6.45) is 3.17. The van der Waals surface area contributed by atoms with Gasteiger partial charge in [-0.15, -0.1) is 11.8 Å². The van der Waals surface area contributed by atoms with Crippen molar-refractivity contribution in [3.05, 3.63) is 96.1 Å². The summed E-state index contributed by atoms with van der Waals surface area (Å²) in [6.45, 7) is 0.583. The molecule has 4 nitrogen and oxygen atoms in total. The average Bonchev–Trinajstić information content (AvgIpc) is 3.20. The number of carbonyl (C=O) groups excluding carboxylic acids is 1. The van der Waals surface area contributed by atoms with Gasteiger partial charge in [-0.2, -0.15) is 0 Å². The molecular formula is C23H20N2O2S. The van der Waals surface area contributed by atoms with Crippen molar-refractivity contribution in [1.82, 2.24) is 9.55 Å². The van der Waals surface area contributed by atoms with Gasteiger partial charge >= 0.3 is 5.97 Å². The molecule has 5 heteroatoms. The highest BCUT2D eigenvalue weighted by atomic mass is 32.2. The quantitative estimate of drug-likeness (QED) is 0.338. The molecule has 4 rings (SSSR count). The minimum atomic E-state index is -0.375. The molecule has 0 saturated heterocycles. The van der Waals surface area contributed by atoms with Gasteiger partial charge in [-0.05, 0) is 34.0 Å². The molecule has 0 aliphatic rings. The van der Waals surface area contributed by atoms with E-state index in [2.05, 4.69) is 71.7 Å². The monoisotopic (exact) mass is 388 g/mol. The Morgan fingerprint density at radius 2 is 1.75 bits per heavy atom. The summed E-state index contributed by atoms with van der Waals surface area (Å²) < 4.78 is 6.58. The third-order valence-corrected chi connectivity index (χ3v) is 5.69. The van der Waals surface area contributed by atoms with Crippen molar-refractivity contribution in [2.75, 3.05) is 7.11 Å². The van der Waals surface area contributed by atoms with Gasteiger partial charge in [0.2, 0.25) is 0 Å². The van der Waals surface area contributed by atoms with Gasteiger partial charge in [0.15, 0.2) is 0 Å². The summed E-state index contributed by atoms with van der Waals surface area (Å²) in [5.41, 5.74) is 2.88. The summed E-state index contributed by atoms with van der Waals surface area (Å²) >= 11 is 1.82. The normalized spacial score (nSPS) is 10.9. The highest BCUT2D eigenvalue weighted by Crippen LogP contribution is 2.25. The first-order chi connectivity index (χ1) is 13.7. The summed E-state index contributed by atoms with van der Waals surface area (Å²) in [7, 11) is 1.38. The molecule has 4 aromatic rings. The lowest BCUT2D eigenvalue weighted by atomic mass is 10.1. The standard InChI is InChI=1S/C23H20N2O2S/c1-27-23(26)22-13-24-16-25(22)14-17-7-10-21(11-8-17)28-15-18-6-9-19-4-2-3-5-20(19)12-18/h2-13,16H,14-15H2,1H3. The fourth-order valence-corrected chi connectivity index (χ4v) is 3.95. The van der Waals surface area contributed by atoms with Crippen LogP contribution in [0.1, 0.15) is 21.6 Å². The second kappa shape index (κ2) is 8.31. The molecule has 0 N–H and O–H groups in total. The van der Waals surface area contributed by atoms with Gasteiger partial charge in [0, 0.05) is 17.2 Å². The molecule has 1 heterocycles. The molecule has 0 spiro atoms. The number of hydrogen-bond donors (Lipinski definition) is 0. The number of nitrogens with zero attached hydrogens (tertiary/aromatic N) is 2. The zero-order chi connectivity index (χ0) is 19.3. The van der Waals surface area contributed by atoms with Crippen LogP contribution in [0.2, 0.25) is 0 Å². The first-order valence-electron chi connectivity index (χ1n) is 9.01. The van der Waals surface area contributed by atoms with Crippen molar-refractivity contribution in [2.45, 2.75) is 17.2 Å². The van der Waals surface area contributed by atoms with Gasteiger partial charge in [0.1, 0.15) is 5.69 Å². The van der Waals surface area contributed by atoms with Crippen molar-refractivity contribution >= 4 is 28.5 Å². The molecule has 0 amide bonds. The first-order valence-corrected chi connectivity index (χ1v) is 9.99. The Morgan fingerprint density at radius 3 is 2.54 bits per heavy atom. The number of aromatic nitrogens is 2. The molecule has 0 unspecified atom stereocenters. The highest BCUT2D eigenvalue weighted by Gasteiger charge is 2.12. The minimum absolute atomic E-state index is 0.375. The number of fused-ring (bicyclic) bond motifs is 1. The Morgan fingerprint density at radius 1 is 1.00 bits per heavy atom. The largest absolute Gasteiger partial charge is 0.464 e. The van der Waals surface area contributed by atoms with E-state index in [0.29, 0.717) is 12.2 Å². The predicted molar refractivity (Wildman–Crippen MR) is 113 cm³/mol. The zero-order valence-electron chi connectivity index (χ0n) is 15.5. The Bertz CT molecular complexity index is 1100. The summed E-state index contributed by atoms with van der Waals surface area (Å²) in [4.78, 5) is 17.0. The van der Waals surface area contributed by atoms with E-state index in [0.717, 1.165) is 11.3 Å². The van der Waals surface area contributed by atoms with Crippen molar-refractivity contribution in [3.63, 3.8) is 0 Å². The van der Waals surface area contributed by atoms with Crippen LogP contribution >= 0.6 is 11.8 Å². The van der Waals surface area contributed by atoms with Gasteiger partial charge in [-0.25, -0.2) is 9.78 Å². The Kier molecular flexibility index (Phi) is 5.44. The molecular weight excluding hydrogens is 368 g/mol. The van der Waals surface area contributed by atoms with Gasteiger partial charge in [0.05, 0.1) is 19.6 Å². The van der Waals surface area contributed by atoms with E-state index in [1.54, 1.807) is 10.9 Å². The van der Waals surface area contributed by atoms with Crippen LogP contribution in [0.5, 0.6) is 0 Å². The molecule has 140 valence electrons. The van der Waals surface area contributed by atoms with Crippen LogP contribution in [-0.4, -0.2) is 22.6 Å². The molecule has 28 heavy (non-hydrogen) atoms. The third kappa shape index (κ3) is 4.10. The van der Waals surface area contributed by atoms with Crippen molar-refractivity contribution < 1.29 is 9.53 Å². The Labute approximate surface area is 168 Å². The Balaban J connectivity index is 1.40. The number of ether oxygens (including phenoxy) is 1. The number of methoxy groups -OCH3 is 1.